The minimum absolute atomic E-state index is 0.271. The highest BCUT2D eigenvalue weighted by atomic mass is 16.4. The summed E-state index contributed by atoms with van der Waals surface area (Å²) < 4.78 is 0. The van der Waals surface area contributed by atoms with Crippen molar-refractivity contribution in [3.05, 3.63) is 36.2 Å². The summed E-state index contributed by atoms with van der Waals surface area (Å²) in [5, 5.41) is 9.01. The zero-order valence-corrected chi connectivity index (χ0v) is 8.26. The van der Waals surface area contributed by atoms with E-state index in [1.54, 1.807) is 12.3 Å². The van der Waals surface area contributed by atoms with E-state index >= 15 is 0 Å². The minimum Gasteiger partial charge on any atom is -0.478 e. The Hall–Kier alpha value is -1.84. The van der Waals surface area contributed by atoms with Crippen LogP contribution in [0.1, 0.15) is 16.8 Å². The molecule has 4 heteroatoms. The topological polar surface area (TPSA) is 53.4 Å². The van der Waals surface area contributed by atoms with Crippen LogP contribution in [0.5, 0.6) is 0 Å². The van der Waals surface area contributed by atoms with Crippen LogP contribution in [0.4, 0.5) is 5.69 Å². The van der Waals surface area contributed by atoms with E-state index in [1.165, 1.54) is 6.20 Å². The zero-order chi connectivity index (χ0) is 10.7. The lowest BCUT2D eigenvalue weighted by Crippen LogP contribution is -2.28. The lowest BCUT2D eigenvalue weighted by Gasteiger charge is -2.26. The molecule has 0 saturated heterocycles. The highest BCUT2D eigenvalue weighted by molar-refractivity contribution is 5.94. The van der Waals surface area contributed by atoms with Crippen LogP contribution in [0.2, 0.25) is 0 Å². The predicted octanol–water partition coefficient (Wildman–Crippen LogP) is 1.55. The molecule has 0 fully saturated rings. The molecule has 0 radical (unpaired) electrons. The molecule has 4 nitrogen and oxygen atoms in total. The molecular weight excluding hydrogens is 192 g/mol. The number of aromatic nitrogens is 1. The molecule has 1 aromatic heterocycles. The summed E-state index contributed by atoms with van der Waals surface area (Å²) in [6, 6.07) is 1.75. The maximum atomic E-state index is 11.0. The second-order valence-electron chi connectivity index (χ2n) is 3.40. The number of hydrogen-bond acceptors (Lipinski definition) is 3. The van der Waals surface area contributed by atoms with Gasteiger partial charge in [0.05, 0.1) is 5.69 Å². The van der Waals surface area contributed by atoms with E-state index in [4.69, 9.17) is 5.11 Å². The number of carboxylic acids is 1. The van der Waals surface area contributed by atoms with Crippen LogP contribution in [-0.2, 0) is 0 Å². The molecule has 1 aromatic rings. The molecule has 78 valence electrons. The van der Waals surface area contributed by atoms with E-state index in [9.17, 15) is 4.79 Å². The van der Waals surface area contributed by atoms with E-state index in [0.717, 1.165) is 25.2 Å². The monoisotopic (exact) mass is 204 g/mol. The number of hydrogen-bond donors (Lipinski definition) is 1. The van der Waals surface area contributed by atoms with E-state index in [0.29, 0.717) is 0 Å². The summed E-state index contributed by atoms with van der Waals surface area (Å²) in [6.07, 6.45) is 8.14. The van der Waals surface area contributed by atoms with Crippen LogP contribution in [0.15, 0.2) is 30.6 Å². The van der Waals surface area contributed by atoms with Crippen LogP contribution in [-0.4, -0.2) is 29.1 Å². The van der Waals surface area contributed by atoms with Gasteiger partial charge in [-0.15, -0.1) is 0 Å². The molecule has 1 aliphatic rings. The number of aromatic carboxylic acids is 1. The van der Waals surface area contributed by atoms with Crippen LogP contribution >= 0.6 is 0 Å². The van der Waals surface area contributed by atoms with E-state index in [-0.39, 0.29) is 5.56 Å². The molecule has 0 aliphatic carbocycles. The normalized spacial score (nSPS) is 15.3. The Morgan fingerprint density at radius 1 is 1.47 bits per heavy atom. The van der Waals surface area contributed by atoms with Crippen molar-refractivity contribution in [3.8, 4) is 0 Å². The van der Waals surface area contributed by atoms with Crippen molar-refractivity contribution >= 4 is 11.7 Å². The molecular formula is C11H12N2O2. The molecule has 0 saturated carbocycles. The first-order valence-electron chi connectivity index (χ1n) is 4.86. The highest BCUT2D eigenvalue weighted by Crippen LogP contribution is 2.21. The van der Waals surface area contributed by atoms with Crippen molar-refractivity contribution in [3.63, 3.8) is 0 Å². The van der Waals surface area contributed by atoms with Crippen molar-refractivity contribution in [1.29, 1.82) is 0 Å². The lowest BCUT2D eigenvalue weighted by molar-refractivity contribution is 0.0697. The number of carbonyl (C=O) groups is 1. The molecule has 15 heavy (non-hydrogen) atoms. The maximum Gasteiger partial charge on any atom is 0.339 e. The maximum absolute atomic E-state index is 11.0. The number of rotatable bonds is 2. The summed E-state index contributed by atoms with van der Waals surface area (Å²) in [5.41, 5.74) is 1.02. The first kappa shape index (κ1) is 9.71. The summed E-state index contributed by atoms with van der Waals surface area (Å²) in [7, 11) is 0. The number of anilines is 1. The fourth-order valence-corrected chi connectivity index (χ4v) is 1.69. The Kier molecular flexibility index (Phi) is 2.67. The second-order valence-corrected chi connectivity index (χ2v) is 3.40. The third kappa shape index (κ3) is 1.98. The van der Waals surface area contributed by atoms with Gasteiger partial charge in [0.1, 0.15) is 5.56 Å². The molecule has 0 bridgehead atoms. The second kappa shape index (κ2) is 4.13. The Morgan fingerprint density at radius 2 is 2.33 bits per heavy atom. The molecule has 1 aliphatic heterocycles. The van der Waals surface area contributed by atoms with Gasteiger partial charge in [0.2, 0.25) is 0 Å². The number of carboxylic acid groups (broad SMARTS) is 1. The lowest BCUT2D eigenvalue weighted by atomic mass is 10.1. The molecule has 0 unspecified atom stereocenters. The van der Waals surface area contributed by atoms with Gasteiger partial charge in [0.25, 0.3) is 0 Å². The average Bonchev–Trinajstić information content (AvgIpc) is 2.30. The van der Waals surface area contributed by atoms with Gasteiger partial charge >= 0.3 is 5.97 Å². The highest BCUT2D eigenvalue weighted by Gasteiger charge is 2.15. The number of nitrogens with zero attached hydrogens (tertiary/aromatic N) is 2. The van der Waals surface area contributed by atoms with Crippen molar-refractivity contribution in [1.82, 2.24) is 4.98 Å². The van der Waals surface area contributed by atoms with Gasteiger partial charge in [-0.2, -0.15) is 0 Å². The molecule has 0 spiro atoms. The van der Waals surface area contributed by atoms with Gasteiger partial charge in [0.15, 0.2) is 0 Å². The molecule has 1 N–H and O–H groups in total. The fourth-order valence-electron chi connectivity index (χ4n) is 1.69. The summed E-state index contributed by atoms with van der Waals surface area (Å²) in [5.74, 6) is -0.923. The van der Waals surface area contributed by atoms with Crippen molar-refractivity contribution < 1.29 is 9.90 Å². The van der Waals surface area contributed by atoms with Gasteiger partial charge in [-0.25, -0.2) is 4.79 Å². The summed E-state index contributed by atoms with van der Waals surface area (Å²) >= 11 is 0. The fraction of sp³-hybridized carbons (Fsp3) is 0.273. The Labute approximate surface area is 87.9 Å². The SMILES string of the molecule is O=C(O)c1cnccc1N1CC=CCC1. The van der Waals surface area contributed by atoms with Crippen LogP contribution in [0.3, 0.4) is 0 Å². The molecule has 2 heterocycles. The van der Waals surface area contributed by atoms with Gasteiger partial charge in [-0.3, -0.25) is 4.98 Å². The van der Waals surface area contributed by atoms with Crippen molar-refractivity contribution in [2.24, 2.45) is 0 Å². The van der Waals surface area contributed by atoms with Crippen LogP contribution in [0, 0.1) is 0 Å². The summed E-state index contributed by atoms with van der Waals surface area (Å²) in [6.45, 7) is 1.63. The minimum atomic E-state index is -0.923. The van der Waals surface area contributed by atoms with Crippen LogP contribution < -0.4 is 4.90 Å². The zero-order valence-electron chi connectivity index (χ0n) is 8.26. The molecule has 0 atom stereocenters. The van der Waals surface area contributed by atoms with Gasteiger partial charge in [-0.1, -0.05) is 12.2 Å². The van der Waals surface area contributed by atoms with E-state index < -0.39 is 5.97 Å². The average molecular weight is 204 g/mol. The molecule has 2 rings (SSSR count). The van der Waals surface area contributed by atoms with Gasteiger partial charge in [0, 0.05) is 25.5 Å². The smallest absolute Gasteiger partial charge is 0.339 e. The van der Waals surface area contributed by atoms with Gasteiger partial charge in [-0.05, 0) is 12.5 Å². The van der Waals surface area contributed by atoms with Crippen LogP contribution in [0.25, 0.3) is 0 Å². The third-order valence-electron chi connectivity index (χ3n) is 2.43. The first-order chi connectivity index (χ1) is 7.29. The summed E-state index contributed by atoms with van der Waals surface area (Å²) in [4.78, 5) is 16.9. The van der Waals surface area contributed by atoms with E-state index in [1.807, 2.05) is 4.90 Å². The Bertz CT molecular complexity index is 401. The molecule has 0 amide bonds. The van der Waals surface area contributed by atoms with Crippen molar-refractivity contribution in [2.45, 2.75) is 6.42 Å². The largest absolute Gasteiger partial charge is 0.478 e. The first-order valence-corrected chi connectivity index (χ1v) is 4.86. The van der Waals surface area contributed by atoms with Crippen molar-refractivity contribution in [2.75, 3.05) is 18.0 Å². The quantitative estimate of drug-likeness (QED) is 0.742. The standard InChI is InChI=1S/C11H12N2O2/c14-11(15)9-8-12-5-4-10(9)13-6-2-1-3-7-13/h1-2,4-5,8H,3,6-7H2,(H,14,15). The third-order valence-corrected chi connectivity index (χ3v) is 2.43. The predicted molar refractivity (Wildman–Crippen MR) is 57.2 cm³/mol. The van der Waals surface area contributed by atoms with E-state index in [2.05, 4.69) is 17.1 Å². The Balaban J connectivity index is 2.34. The Morgan fingerprint density at radius 3 is 3.00 bits per heavy atom. The van der Waals surface area contributed by atoms with Gasteiger partial charge < -0.3 is 10.0 Å². The number of pyridine rings is 1. The molecule has 0 aromatic carbocycles.